The molecule has 21 heavy (non-hydrogen) atoms. The first-order valence-electron chi connectivity index (χ1n) is 7.00. The number of fused-ring (bicyclic) bond motifs is 1. The monoisotopic (exact) mass is 286 g/mol. The molecule has 0 spiro atoms. The fourth-order valence-corrected chi connectivity index (χ4v) is 2.24. The smallest absolute Gasteiger partial charge is 0.161 e. The van der Waals surface area contributed by atoms with Crippen LogP contribution in [0.15, 0.2) is 42.7 Å². The van der Waals surface area contributed by atoms with Gasteiger partial charge in [-0.3, -0.25) is 4.98 Å². The van der Waals surface area contributed by atoms with E-state index in [0.717, 1.165) is 22.6 Å². The molecule has 110 valence electrons. The van der Waals surface area contributed by atoms with Gasteiger partial charge in [-0.05, 0) is 23.8 Å². The molecular weight excluding hydrogens is 268 g/mol. The lowest BCUT2D eigenvalue weighted by atomic mass is 10.1. The SMILES string of the molecule is OC(CNCc1ccc2c(c1)OCCO2)c1cccnc1. The second-order valence-corrected chi connectivity index (χ2v) is 4.91. The Hall–Kier alpha value is -2.11. The van der Waals surface area contributed by atoms with Crippen LogP contribution in [0.4, 0.5) is 0 Å². The van der Waals surface area contributed by atoms with E-state index in [1.54, 1.807) is 12.4 Å². The van der Waals surface area contributed by atoms with Crippen molar-refractivity contribution in [3.05, 3.63) is 53.9 Å². The minimum absolute atomic E-state index is 0.472. The maximum Gasteiger partial charge on any atom is 0.161 e. The van der Waals surface area contributed by atoms with Crippen molar-refractivity contribution in [2.75, 3.05) is 19.8 Å². The summed E-state index contributed by atoms with van der Waals surface area (Å²) >= 11 is 0. The third kappa shape index (κ3) is 3.51. The second-order valence-electron chi connectivity index (χ2n) is 4.91. The van der Waals surface area contributed by atoms with Crippen molar-refractivity contribution in [3.8, 4) is 11.5 Å². The Labute approximate surface area is 123 Å². The Morgan fingerprint density at radius 3 is 2.86 bits per heavy atom. The predicted octanol–water partition coefficient (Wildman–Crippen LogP) is 1.68. The molecule has 5 heteroatoms. The van der Waals surface area contributed by atoms with E-state index < -0.39 is 6.10 Å². The molecule has 1 unspecified atom stereocenters. The van der Waals surface area contributed by atoms with Crippen molar-refractivity contribution >= 4 is 0 Å². The molecule has 0 saturated carbocycles. The van der Waals surface area contributed by atoms with Gasteiger partial charge in [0.15, 0.2) is 11.5 Å². The number of aromatic nitrogens is 1. The zero-order valence-corrected chi connectivity index (χ0v) is 11.7. The van der Waals surface area contributed by atoms with E-state index in [1.165, 1.54) is 0 Å². The highest BCUT2D eigenvalue weighted by atomic mass is 16.6. The molecule has 5 nitrogen and oxygen atoms in total. The normalized spacial score (nSPS) is 14.7. The van der Waals surface area contributed by atoms with Gasteiger partial charge in [0.25, 0.3) is 0 Å². The summed E-state index contributed by atoms with van der Waals surface area (Å²) in [6, 6.07) is 9.57. The van der Waals surface area contributed by atoms with Crippen molar-refractivity contribution < 1.29 is 14.6 Å². The molecule has 1 atom stereocenters. The lowest BCUT2D eigenvalue weighted by molar-refractivity contribution is 0.170. The summed E-state index contributed by atoms with van der Waals surface area (Å²) in [4.78, 5) is 4.00. The van der Waals surface area contributed by atoms with Gasteiger partial charge in [0, 0.05) is 31.0 Å². The van der Waals surface area contributed by atoms with Gasteiger partial charge in [-0.1, -0.05) is 12.1 Å². The van der Waals surface area contributed by atoms with Crippen LogP contribution in [0, 0.1) is 0 Å². The summed E-state index contributed by atoms with van der Waals surface area (Å²) in [6.45, 7) is 2.32. The second kappa shape index (κ2) is 6.56. The van der Waals surface area contributed by atoms with Gasteiger partial charge in [-0.2, -0.15) is 0 Å². The average Bonchev–Trinajstić information content (AvgIpc) is 2.55. The van der Waals surface area contributed by atoms with Crippen LogP contribution in [0.25, 0.3) is 0 Å². The molecule has 1 aliphatic rings. The van der Waals surface area contributed by atoms with Crippen molar-refractivity contribution in [3.63, 3.8) is 0 Å². The van der Waals surface area contributed by atoms with E-state index in [-0.39, 0.29) is 0 Å². The number of benzene rings is 1. The summed E-state index contributed by atoms with van der Waals surface area (Å²) in [6.07, 6.45) is 2.81. The van der Waals surface area contributed by atoms with Crippen molar-refractivity contribution in [1.82, 2.24) is 10.3 Å². The molecule has 3 rings (SSSR count). The Morgan fingerprint density at radius 1 is 1.19 bits per heavy atom. The molecule has 2 aromatic rings. The van der Waals surface area contributed by atoms with Gasteiger partial charge in [-0.25, -0.2) is 0 Å². The standard InChI is InChI=1S/C16H18N2O3/c19-14(13-2-1-5-17-10-13)11-18-9-12-3-4-15-16(8-12)21-7-6-20-15/h1-5,8,10,14,18-19H,6-7,9,11H2. The largest absolute Gasteiger partial charge is 0.486 e. The molecule has 1 aromatic heterocycles. The minimum atomic E-state index is -0.559. The molecule has 0 saturated heterocycles. The highest BCUT2D eigenvalue weighted by Crippen LogP contribution is 2.30. The highest BCUT2D eigenvalue weighted by molar-refractivity contribution is 5.43. The number of pyridine rings is 1. The van der Waals surface area contributed by atoms with E-state index in [1.807, 2.05) is 30.3 Å². The van der Waals surface area contributed by atoms with E-state index in [4.69, 9.17) is 9.47 Å². The zero-order chi connectivity index (χ0) is 14.5. The van der Waals surface area contributed by atoms with Crippen LogP contribution in [0.5, 0.6) is 11.5 Å². The Morgan fingerprint density at radius 2 is 2.05 bits per heavy atom. The van der Waals surface area contributed by atoms with Crippen LogP contribution < -0.4 is 14.8 Å². The average molecular weight is 286 g/mol. The van der Waals surface area contributed by atoms with Crippen LogP contribution in [0.1, 0.15) is 17.2 Å². The van der Waals surface area contributed by atoms with Crippen molar-refractivity contribution in [1.29, 1.82) is 0 Å². The van der Waals surface area contributed by atoms with Crippen LogP contribution in [-0.2, 0) is 6.54 Å². The van der Waals surface area contributed by atoms with Gasteiger partial charge in [0.1, 0.15) is 13.2 Å². The molecule has 0 fully saturated rings. The quantitative estimate of drug-likeness (QED) is 0.875. The molecule has 0 bridgehead atoms. The molecule has 0 aliphatic carbocycles. The fraction of sp³-hybridized carbons (Fsp3) is 0.312. The van der Waals surface area contributed by atoms with Crippen LogP contribution in [0.2, 0.25) is 0 Å². The maximum absolute atomic E-state index is 10.0. The first-order chi connectivity index (χ1) is 10.3. The zero-order valence-electron chi connectivity index (χ0n) is 11.7. The van der Waals surface area contributed by atoms with Gasteiger partial charge in [0.2, 0.25) is 0 Å². The minimum Gasteiger partial charge on any atom is -0.486 e. The summed E-state index contributed by atoms with van der Waals surface area (Å²) in [7, 11) is 0. The summed E-state index contributed by atoms with van der Waals surface area (Å²) in [5.41, 5.74) is 1.91. The Kier molecular flexibility index (Phi) is 4.33. The molecule has 0 radical (unpaired) electrons. The third-order valence-corrected chi connectivity index (χ3v) is 3.34. The number of aliphatic hydroxyl groups is 1. The molecule has 2 heterocycles. The first-order valence-corrected chi connectivity index (χ1v) is 7.00. The van der Waals surface area contributed by atoms with Crippen LogP contribution >= 0.6 is 0 Å². The van der Waals surface area contributed by atoms with Crippen LogP contribution in [0.3, 0.4) is 0 Å². The van der Waals surface area contributed by atoms with Crippen molar-refractivity contribution in [2.24, 2.45) is 0 Å². The first kappa shape index (κ1) is 13.9. The number of nitrogens with one attached hydrogen (secondary N) is 1. The maximum atomic E-state index is 10.0. The summed E-state index contributed by atoms with van der Waals surface area (Å²) in [5, 5.41) is 13.3. The van der Waals surface area contributed by atoms with Crippen molar-refractivity contribution in [2.45, 2.75) is 12.6 Å². The van der Waals surface area contributed by atoms with Crippen LogP contribution in [-0.4, -0.2) is 29.8 Å². The van der Waals surface area contributed by atoms with E-state index >= 15 is 0 Å². The number of aliphatic hydroxyl groups excluding tert-OH is 1. The number of rotatable bonds is 5. The van der Waals surface area contributed by atoms with E-state index in [0.29, 0.717) is 26.3 Å². The summed E-state index contributed by atoms with van der Waals surface area (Å²) < 4.78 is 11.0. The van der Waals surface area contributed by atoms with Gasteiger partial charge >= 0.3 is 0 Å². The molecule has 2 N–H and O–H groups in total. The fourth-order valence-electron chi connectivity index (χ4n) is 2.24. The van der Waals surface area contributed by atoms with Gasteiger partial charge in [-0.15, -0.1) is 0 Å². The lowest BCUT2D eigenvalue weighted by Crippen LogP contribution is -2.21. The number of hydrogen-bond donors (Lipinski definition) is 2. The number of nitrogens with zero attached hydrogens (tertiary/aromatic N) is 1. The Bertz CT molecular complexity index is 589. The molecular formula is C16H18N2O3. The Balaban J connectivity index is 1.53. The van der Waals surface area contributed by atoms with E-state index in [9.17, 15) is 5.11 Å². The molecule has 1 aliphatic heterocycles. The lowest BCUT2D eigenvalue weighted by Gasteiger charge is -2.19. The van der Waals surface area contributed by atoms with Gasteiger partial charge in [0.05, 0.1) is 6.10 Å². The van der Waals surface area contributed by atoms with E-state index in [2.05, 4.69) is 10.3 Å². The highest BCUT2D eigenvalue weighted by Gasteiger charge is 2.12. The number of ether oxygens (including phenoxy) is 2. The predicted molar refractivity (Wildman–Crippen MR) is 78.3 cm³/mol. The van der Waals surface area contributed by atoms with Gasteiger partial charge < -0.3 is 19.9 Å². The molecule has 0 amide bonds. The topological polar surface area (TPSA) is 63.6 Å². The molecule has 1 aromatic carbocycles. The third-order valence-electron chi connectivity index (χ3n) is 3.34. The summed E-state index contributed by atoms with van der Waals surface area (Å²) in [5.74, 6) is 1.58. The number of hydrogen-bond acceptors (Lipinski definition) is 5.